The maximum absolute atomic E-state index is 11.9. The number of carbonyl (C=O) groups excluding carboxylic acids is 1. The molecule has 2 aromatic rings. The van der Waals surface area contributed by atoms with Gasteiger partial charge in [-0.15, -0.1) is 11.3 Å². The Balaban J connectivity index is 2.21. The summed E-state index contributed by atoms with van der Waals surface area (Å²) in [6.45, 7) is 4.07. The van der Waals surface area contributed by atoms with E-state index in [1.54, 1.807) is 17.4 Å². The predicted octanol–water partition coefficient (Wildman–Crippen LogP) is 2.86. The second-order valence-corrected chi connectivity index (χ2v) is 4.46. The minimum atomic E-state index is -0.130. The molecule has 84 valence electrons. The first-order valence-corrected chi connectivity index (χ1v) is 5.89. The van der Waals surface area contributed by atoms with Gasteiger partial charge < -0.3 is 9.84 Å². The van der Waals surface area contributed by atoms with Gasteiger partial charge in [0.05, 0.1) is 5.56 Å². The van der Waals surface area contributed by atoms with Crippen molar-refractivity contribution in [3.63, 3.8) is 0 Å². The third kappa shape index (κ3) is 1.99. The highest BCUT2D eigenvalue weighted by Crippen LogP contribution is 2.23. The fourth-order valence-corrected chi connectivity index (χ4v) is 2.51. The summed E-state index contributed by atoms with van der Waals surface area (Å²) in [6.07, 6.45) is 2.28. The Kier molecular flexibility index (Phi) is 3.05. The molecule has 1 amide bonds. The van der Waals surface area contributed by atoms with Gasteiger partial charge in [-0.25, -0.2) is 0 Å². The number of hydrogen-bond donors (Lipinski definition) is 1. The number of anilines is 1. The van der Waals surface area contributed by atoms with Crippen LogP contribution in [0.15, 0.2) is 22.2 Å². The van der Waals surface area contributed by atoms with Crippen molar-refractivity contribution in [1.82, 2.24) is 5.16 Å². The van der Waals surface area contributed by atoms with Crippen molar-refractivity contribution in [3.05, 3.63) is 33.7 Å². The van der Waals surface area contributed by atoms with Gasteiger partial charge in [0.15, 0.2) is 5.82 Å². The molecule has 2 heterocycles. The number of aryl methyl sites for hydroxylation is 1. The molecular formula is C11H12N2O2S. The van der Waals surface area contributed by atoms with E-state index in [2.05, 4.69) is 15.0 Å². The summed E-state index contributed by atoms with van der Waals surface area (Å²) in [5.74, 6) is 0.311. The van der Waals surface area contributed by atoms with Gasteiger partial charge in [-0.1, -0.05) is 12.1 Å². The van der Waals surface area contributed by atoms with E-state index in [0.717, 1.165) is 17.5 Å². The molecular weight excluding hydrogens is 224 g/mol. The topological polar surface area (TPSA) is 55.1 Å². The second kappa shape index (κ2) is 4.49. The third-order valence-corrected chi connectivity index (χ3v) is 3.33. The smallest absolute Gasteiger partial charge is 0.258 e. The highest BCUT2D eigenvalue weighted by molar-refractivity contribution is 7.10. The molecule has 0 fully saturated rings. The molecule has 16 heavy (non-hydrogen) atoms. The summed E-state index contributed by atoms with van der Waals surface area (Å²) in [7, 11) is 0. The maximum Gasteiger partial charge on any atom is 0.258 e. The lowest BCUT2D eigenvalue weighted by molar-refractivity contribution is 0.102. The van der Waals surface area contributed by atoms with Crippen LogP contribution < -0.4 is 5.32 Å². The van der Waals surface area contributed by atoms with Crippen molar-refractivity contribution in [3.8, 4) is 0 Å². The first-order valence-electron chi connectivity index (χ1n) is 5.01. The molecule has 0 aromatic carbocycles. The van der Waals surface area contributed by atoms with E-state index in [9.17, 15) is 4.79 Å². The lowest BCUT2D eigenvalue weighted by atomic mass is 10.1. The zero-order valence-electron chi connectivity index (χ0n) is 9.11. The van der Waals surface area contributed by atoms with Crippen LogP contribution in [0.1, 0.15) is 27.7 Å². The number of hydrogen-bond acceptors (Lipinski definition) is 4. The van der Waals surface area contributed by atoms with E-state index in [1.807, 2.05) is 19.2 Å². The third-order valence-electron chi connectivity index (χ3n) is 2.38. The number of thiophene rings is 1. The molecule has 0 saturated carbocycles. The van der Waals surface area contributed by atoms with Crippen molar-refractivity contribution in [2.24, 2.45) is 0 Å². The minimum Gasteiger partial charge on any atom is -0.363 e. The molecule has 0 radical (unpaired) electrons. The zero-order chi connectivity index (χ0) is 11.5. The highest BCUT2D eigenvalue weighted by atomic mass is 32.1. The SMILES string of the molecule is CCc1c(C(=O)Nc2ccon2)csc1C. The Hall–Kier alpha value is -1.62. The molecule has 2 rings (SSSR count). The van der Waals surface area contributed by atoms with Crippen molar-refractivity contribution in [2.75, 3.05) is 5.32 Å². The van der Waals surface area contributed by atoms with Gasteiger partial charge in [-0.2, -0.15) is 0 Å². The van der Waals surface area contributed by atoms with E-state index >= 15 is 0 Å². The van der Waals surface area contributed by atoms with Gasteiger partial charge in [0.1, 0.15) is 6.26 Å². The van der Waals surface area contributed by atoms with E-state index in [-0.39, 0.29) is 5.91 Å². The highest BCUT2D eigenvalue weighted by Gasteiger charge is 2.15. The molecule has 0 spiro atoms. The van der Waals surface area contributed by atoms with Crippen LogP contribution in [0, 0.1) is 6.92 Å². The lowest BCUT2D eigenvalue weighted by Crippen LogP contribution is -2.13. The number of amides is 1. The van der Waals surface area contributed by atoms with Gasteiger partial charge in [0.25, 0.3) is 5.91 Å². The number of rotatable bonds is 3. The van der Waals surface area contributed by atoms with Crippen molar-refractivity contribution < 1.29 is 9.32 Å². The van der Waals surface area contributed by atoms with Gasteiger partial charge in [0.2, 0.25) is 0 Å². The number of aromatic nitrogens is 1. The number of nitrogens with zero attached hydrogens (tertiary/aromatic N) is 1. The van der Waals surface area contributed by atoms with Crippen LogP contribution >= 0.6 is 11.3 Å². The Labute approximate surface area is 97.3 Å². The predicted molar refractivity (Wildman–Crippen MR) is 62.9 cm³/mol. The molecule has 0 atom stereocenters. The van der Waals surface area contributed by atoms with Gasteiger partial charge in [0, 0.05) is 16.3 Å². The Bertz CT molecular complexity index is 488. The van der Waals surface area contributed by atoms with Gasteiger partial charge >= 0.3 is 0 Å². The Morgan fingerprint density at radius 1 is 1.62 bits per heavy atom. The molecule has 4 nitrogen and oxygen atoms in total. The lowest BCUT2D eigenvalue weighted by Gasteiger charge is -2.02. The summed E-state index contributed by atoms with van der Waals surface area (Å²) in [4.78, 5) is 13.1. The van der Waals surface area contributed by atoms with E-state index < -0.39 is 0 Å². The molecule has 0 saturated heterocycles. The quantitative estimate of drug-likeness (QED) is 0.891. The van der Waals surface area contributed by atoms with E-state index in [1.165, 1.54) is 11.1 Å². The van der Waals surface area contributed by atoms with Crippen LogP contribution in [-0.2, 0) is 6.42 Å². The maximum atomic E-state index is 11.9. The average molecular weight is 236 g/mol. The van der Waals surface area contributed by atoms with Gasteiger partial charge in [-0.3, -0.25) is 4.79 Å². The molecule has 5 heteroatoms. The van der Waals surface area contributed by atoms with Crippen molar-refractivity contribution in [1.29, 1.82) is 0 Å². The zero-order valence-corrected chi connectivity index (χ0v) is 9.93. The van der Waals surface area contributed by atoms with Crippen LogP contribution in [0.3, 0.4) is 0 Å². The fraction of sp³-hybridized carbons (Fsp3) is 0.273. The molecule has 0 unspecified atom stereocenters. The number of carbonyl (C=O) groups is 1. The van der Waals surface area contributed by atoms with Crippen LogP contribution in [0.4, 0.5) is 5.82 Å². The summed E-state index contributed by atoms with van der Waals surface area (Å²) < 4.78 is 4.65. The molecule has 0 aliphatic rings. The standard InChI is InChI=1S/C11H12N2O2S/c1-3-8-7(2)16-6-9(8)11(14)12-10-4-5-15-13-10/h4-6H,3H2,1-2H3,(H,12,13,14). The second-order valence-electron chi connectivity index (χ2n) is 3.38. The summed E-state index contributed by atoms with van der Waals surface area (Å²) >= 11 is 1.59. The normalized spacial score (nSPS) is 10.4. The largest absolute Gasteiger partial charge is 0.363 e. The first-order chi connectivity index (χ1) is 7.72. The molecule has 0 aliphatic carbocycles. The van der Waals surface area contributed by atoms with Crippen molar-refractivity contribution in [2.45, 2.75) is 20.3 Å². The first kappa shape index (κ1) is 10.9. The minimum absolute atomic E-state index is 0.130. The molecule has 2 aromatic heterocycles. The fourth-order valence-electron chi connectivity index (χ4n) is 1.57. The molecule has 1 N–H and O–H groups in total. The Morgan fingerprint density at radius 3 is 3.06 bits per heavy atom. The van der Waals surface area contributed by atoms with Gasteiger partial charge in [-0.05, 0) is 18.9 Å². The van der Waals surface area contributed by atoms with Crippen molar-refractivity contribution >= 4 is 23.1 Å². The van der Waals surface area contributed by atoms with Crippen LogP contribution in [0.25, 0.3) is 0 Å². The summed E-state index contributed by atoms with van der Waals surface area (Å²) in [5.41, 5.74) is 1.83. The van der Waals surface area contributed by atoms with Crippen LogP contribution in [0.5, 0.6) is 0 Å². The van der Waals surface area contributed by atoms with E-state index in [4.69, 9.17) is 0 Å². The Morgan fingerprint density at radius 2 is 2.44 bits per heavy atom. The molecule has 0 aliphatic heterocycles. The average Bonchev–Trinajstić information content (AvgIpc) is 2.87. The van der Waals surface area contributed by atoms with Crippen LogP contribution in [-0.4, -0.2) is 11.1 Å². The monoisotopic (exact) mass is 236 g/mol. The molecule has 0 bridgehead atoms. The van der Waals surface area contributed by atoms with Crippen LogP contribution in [0.2, 0.25) is 0 Å². The number of nitrogens with one attached hydrogen (secondary N) is 1. The van der Waals surface area contributed by atoms with E-state index in [0.29, 0.717) is 5.82 Å². The summed E-state index contributed by atoms with van der Waals surface area (Å²) in [5, 5.41) is 8.21. The summed E-state index contributed by atoms with van der Waals surface area (Å²) in [6, 6.07) is 1.61.